The van der Waals surface area contributed by atoms with Crippen LogP contribution in [0.15, 0.2) is 6.07 Å². The number of anilines is 1. The monoisotopic (exact) mass is 265 g/mol. The highest BCUT2D eigenvalue weighted by Gasteiger charge is 2.10. The van der Waals surface area contributed by atoms with Crippen LogP contribution in [0.25, 0.3) is 0 Å². The van der Waals surface area contributed by atoms with Crippen molar-refractivity contribution in [2.45, 2.75) is 13.5 Å². The lowest BCUT2D eigenvalue weighted by Crippen LogP contribution is -2.25. The fraction of sp³-hybridized carbons (Fsp3) is 0.455. The molecule has 6 nitrogen and oxygen atoms in total. The van der Waals surface area contributed by atoms with Gasteiger partial charge in [0, 0.05) is 12.7 Å². The summed E-state index contributed by atoms with van der Waals surface area (Å²) in [7, 11) is 0. The van der Waals surface area contributed by atoms with Gasteiger partial charge in [-0.25, -0.2) is 9.97 Å². The summed E-state index contributed by atoms with van der Waals surface area (Å²) in [6.07, 6.45) is 0. The minimum absolute atomic E-state index is 0.0645. The van der Waals surface area contributed by atoms with Gasteiger partial charge in [0.1, 0.15) is 30.7 Å². The van der Waals surface area contributed by atoms with Crippen molar-refractivity contribution in [3.8, 4) is 12.1 Å². The van der Waals surface area contributed by atoms with E-state index in [-0.39, 0.29) is 24.8 Å². The molecule has 0 aromatic carbocycles. The molecule has 0 aliphatic heterocycles. The predicted octanol–water partition coefficient (Wildman–Crippen LogP) is 1.52. The van der Waals surface area contributed by atoms with Crippen LogP contribution in [0.4, 0.5) is 5.82 Å². The second kappa shape index (κ2) is 7.44. The van der Waals surface area contributed by atoms with Crippen molar-refractivity contribution in [3.05, 3.63) is 17.0 Å². The first-order valence-corrected chi connectivity index (χ1v) is 5.69. The molecule has 1 rings (SSSR count). The number of halogens is 1. The molecule has 18 heavy (non-hydrogen) atoms. The van der Waals surface area contributed by atoms with Crippen LogP contribution < -0.4 is 4.90 Å². The van der Waals surface area contributed by atoms with E-state index in [9.17, 15) is 0 Å². The zero-order valence-electron chi connectivity index (χ0n) is 9.93. The Morgan fingerprint density at radius 1 is 1.33 bits per heavy atom. The van der Waals surface area contributed by atoms with E-state index in [2.05, 4.69) is 9.97 Å². The average Bonchev–Trinajstić information content (AvgIpc) is 2.35. The van der Waals surface area contributed by atoms with E-state index >= 15 is 0 Å². The Morgan fingerprint density at radius 2 is 2.00 bits per heavy atom. The molecule has 0 spiro atoms. The largest absolute Gasteiger partial charge is 0.374 e. The highest BCUT2D eigenvalue weighted by molar-refractivity contribution is 6.29. The molecule has 0 fully saturated rings. The van der Waals surface area contributed by atoms with Crippen molar-refractivity contribution in [2.75, 3.05) is 24.6 Å². The molecule has 0 N–H and O–H groups in total. The molecule has 0 radical (unpaired) electrons. The molecule has 0 saturated heterocycles. The molecule has 0 unspecified atom stereocenters. The van der Waals surface area contributed by atoms with Gasteiger partial charge in [-0.3, -0.25) is 0 Å². The van der Waals surface area contributed by atoms with Gasteiger partial charge in [0.2, 0.25) is 0 Å². The Morgan fingerprint density at radius 3 is 2.56 bits per heavy atom. The van der Waals surface area contributed by atoms with Crippen LogP contribution in [0.5, 0.6) is 0 Å². The Kier molecular flexibility index (Phi) is 5.86. The second-order valence-electron chi connectivity index (χ2n) is 3.27. The molecule has 1 aromatic rings. The van der Waals surface area contributed by atoms with Crippen LogP contribution in [-0.4, -0.2) is 29.7 Å². The van der Waals surface area contributed by atoms with Crippen LogP contribution in [0.2, 0.25) is 5.15 Å². The molecule has 0 atom stereocenters. The number of aromatic nitrogens is 2. The lowest BCUT2D eigenvalue weighted by molar-refractivity contribution is 0.128. The van der Waals surface area contributed by atoms with Gasteiger partial charge in [-0.15, -0.1) is 0 Å². The van der Waals surface area contributed by atoms with E-state index in [4.69, 9.17) is 26.9 Å². The average molecular weight is 266 g/mol. The molecular formula is C11H12ClN5O. The maximum atomic E-state index is 8.70. The van der Waals surface area contributed by atoms with Gasteiger partial charge >= 0.3 is 0 Å². The van der Waals surface area contributed by atoms with Gasteiger partial charge in [-0.05, 0) is 6.92 Å². The number of hydrogen-bond acceptors (Lipinski definition) is 6. The molecule has 94 valence electrons. The third-order valence-electron chi connectivity index (χ3n) is 2.01. The van der Waals surface area contributed by atoms with Crippen molar-refractivity contribution in [3.63, 3.8) is 0 Å². The van der Waals surface area contributed by atoms with Gasteiger partial charge in [0.25, 0.3) is 0 Å². The highest BCUT2D eigenvalue weighted by Crippen LogP contribution is 2.16. The number of hydrogen-bond donors (Lipinski definition) is 0. The van der Waals surface area contributed by atoms with Crippen molar-refractivity contribution in [1.82, 2.24) is 9.97 Å². The summed E-state index contributed by atoms with van der Waals surface area (Å²) >= 11 is 5.87. The SMILES string of the molecule is CCOCc1nc(Cl)cc(N(CC#N)CC#N)n1. The van der Waals surface area contributed by atoms with Gasteiger partial charge in [-0.1, -0.05) is 11.6 Å². The minimum atomic E-state index is 0.0645. The third kappa shape index (κ3) is 4.17. The molecule has 0 bridgehead atoms. The zero-order valence-corrected chi connectivity index (χ0v) is 10.7. The molecule has 7 heteroatoms. The van der Waals surface area contributed by atoms with Crippen molar-refractivity contribution in [1.29, 1.82) is 10.5 Å². The number of nitrogens with zero attached hydrogens (tertiary/aromatic N) is 5. The predicted molar refractivity (Wildman–Crippen MR) is 65.8 cm³/mol. The fourth-order valence-electron chi connectivity index (χ4n) is 1.26. The van der Waals surface area contributed by atoms with Gasteiger partial charge < -0.3 is 9.64 Å². The van der Waals surface area contributed by atoms with E-state index in [0.29, 0.717) is 18.2 Å². The smallest absolute Gasteiger partial charge is 0.158 e. The van der Waals surface area contributed by atoms with Crippen molar-refractivity contribution in [2.24, 2.45) is 0 Å². The van der Waals surface area contributed by atoms with Gasteiger partial charge in [0.15, 0.2) is 5.82 Å². The lowest BCUT2D eigenvalue weighted by atomic mass is 10.4. The van der Waals surface area contributed by atoms with E-state index in [1.807, 2.05) is 19.1 Å². The number of ether oxygens (including phenoxy) is 1. The summed E-state index contributed by atoms with van der Waals surface area (Å²) in [4.78, 5) is 9.74. The Hall–Kier alpha value is -1.89. The second-order valence-corrected chi connectivity index (χ2v) is 3.66. The van der Waals surface area contributed by atoms with Crippen LogP contribution in [0, 0.1) is 22.7 Å². The molecule has 1 aromatic heterocycles. The van der Waals surface area contributed by atoms with Crippen molar-refractivity contribution >= 4 is 17.4 Å². The highest BCUT2D eigenvalue weighted by atomic mass is 35.5. The first-order valence-electron chi connectivity index (χ1n) is 5.31. The van der Waals surface area contributed by atoms with Crippen LogP contribution in [-0.2, 0) is 11.3 Å². The Bertz CT molecular complexity index is 463. The van der Waals surface area contributed by atoms with Crippen molar-refractivity contribution < 1.29 is 4.74 Å². The first-order chi connectivity index (χ1) is 8.71. The van der Waals surface area contributed by atoms with E-state index in [1.165, 1.54) is 11.0 Å². The van der Waals surface area contributed by atoms with Gasteiger partial charge in [0.05, 0.1) is 12.1 Å². The van der Waals surface area contributed by atoms with E-state index in [1.54, 1.807) is 0 Å². The number of rotatable bonds is 6. The molecule has 0 aliphatic rings. The molecule has 0 saturated carbocycles. The Balaban J connectivity index is 2.96. The topological polar surface area (TPSA) is 85.8 Å². The summed E-state index contributed by atoms with van der Waals surface area (Å²) in [6.45, 7) is 2.79. The van der Waals surface area contributed by atoms with E-state index < -0.39 is 0 Å². The molecule has 0 aliphatic carbocycles. The number of nitriles is 2. The summed E-state index contributed by atoms with van der Waals surface area (Å²) in [6, 6.07) is 5.47. The summed E-state index contributed by atoms with van der Waals surface area (Å²) in [5, 5.41) is 17.7. The molecular weight excluding hydrogens is 254 g/mol. The third-order valence-corrected chi connectivity index (χ3v) is 2.20. The molecule has 0 amide bonds. The summed E-state index contributed by atoms with van der Waals surface area (Å²) in [5.41, 5.74) is 0. The fourth-order valence-corrected chi connectivity index (χ4v) is 1.46. The quantitative estimate of drug-likeness (QED) is 0.573. The standard InChI is InChI=1S/C11H12ClN5O/c1-2-18-8-10-15-9(12)7-11(16-10)17(5-3-13)6-4-14/h7H,2,5-6,8H2,1H3. The summed E-state index contributed by atoms with van der Waals surface area (Å²) in [5.74, 6) is 0.882. The maximum Gasteiger partial charge on any atom is 0.158 e. The maximum absolute atomic E-state index is 8.70. The summed E-state index contributed by atoms with van der Waals surface area (Å²) < 4.78 is 5.20. The normalized spacial score (nSPS) is 9.56. The van der Waals surface area contributed by atoms with E-state index in [0.717, 1.165) is 0 Å². The molecule has 1 heterocycles. The Labute approximate surface area is 110 Å². The lowest BCUT2D eigenvalue weighted by Gasteiger charge is -2.17. The zero-order chi connectivity index (χ0) is 13.4. The first kappa shape index (κ1) is 14.2. The minimum Gasteiger partial charge on any atom is -0.374 e. The van der Waals surface area contributed by atoms with Crippen LogP contribution >= 0.6 is 11.6 Å². The van der Waals surface area contributed by atoms with Crippen LogP contribution in [0.3, 0.4) is 0 Å². The van der Waals surface area contributed by atoms with Crippen LogP contribution in [0.1, 0.15) is 12.7 Å². The van der Waals surface area contributed by atoms with Gasteiger partial charge in [-0.2, -0.15) is 10.5 Å².